The van der Waals surface area contributed by atoms with Crippen LogP contribution in [-0.4, -0.2) is 44.5 Å². The number of hydrogen-bond acceptors (Lipinski definition) is 7. The smallest absolute Gasteiger partial charge is 0.197 e. The third-order valence-electron chi connectivity index (χ3n) is 2.98. The number of allylic oxidation sites excluding steroid dienone is 1. The second-order valence-corrected chi connectivity index (χ2v) is 5.62. The summed E-state index contributed by atoms with van der Waals surface area (Å²) in [7, 11) is 0. The summed E-state index contributed by atoms with van der Waals surface area (Å²) < 4.78 is 15.8. The molecule has 0 atom stereocenters. The number of oxime groups is 1. The molecular formula is C15H18FN5O2S. The number of thioether (sulfide) groups is 1. The first-order valence-corrected chi connectivity index (χ1v) is 8.05. The van der Waals surface area contributed by atoms with Crippen LogP contribution >= 0.6 is 11.8 Å². The Bertz CT molecular complexity index is 775. The van der Waals surface area contributed by atoms with Crippen LogP contribution in [0.15, 0.2) is 47.5 Å². The van der Waals surface area contributed by atoms with Crippen molar-refractivity contribution in [1.29, 1.82) is 0 Å². The number of aliphatic hydroxyl groups excluding tert-OH is 1. The van der Waals surface area contributed by atoms with Gasteiger partial charge in [0.1, 0.15) is 6.61 Å². The highest BCUT2D eigenvalue weighted by Crippen LogP contribution is 2.19. The lowest BCUT2D eigenvalue weighted by Gasteiger charge is -2.06. The molecule has 0 saturated carbocycles. The highest BCUT2D eigenvalue weighted by atomic mass is 32.2. The monoisotopic (exact) mass is 351 g/mol. The Morgan fingerprint density at radius 2 is 2.38 bits per heavy atom. The van der Waals surface area contributed by atoms with E-state index in [0.717, 1.165) is 0 Å². The fourth-order valence-electron chi connectivity index (χ4n) is 1.73. The van der Waals surface area contributed by atoms with Gasteiger partial charge in [0.25, 0.3) is 0 Å². The van der Waals surface area contributed by atoms with Crippen molar-refractivity contribution in [3.05, 3.63) is 48.6 Å². The topological polar surface area (TPSA) is 84.0 Å². The molecule has 7 nitrogen and oxygen atoms in total. The fraction of sp³-hybridized carbons (Fsp3) is 0.267. The number of hydrogen-bond donors (Lipinski definition) is 2. The van der Waals surface area contributed by atoms with Crippen LogP contribution in [0.5, 0.6) is 0 Å². The van der Waals surface area contributed by atoms with Gasteiger partial charge in [-0.1, -0.05) is 30.1 Å². The molecule has 128 valence electrons. The van der Waals surface area contributed by atoms with E-state index >= 15 is 0 Å². The highest BCUT2D eigenvalue weighted by molar-refractivity contribution is 7.99. The molecule has 0 saturated heterocycles. The third kappa shape index (κ3) is 4.33. The Balaban J connectivity index is 2.24. The molecule has 0 amide bonds. The van der Waals surface area contributed by atoms with E-state index in [1.165, 1.54) is 17.8 Å². The number of rotatable bonds is 9. The molecule has 0 radical (unpaired) electrons. The molecule has 0 spiro atoms. The summed E-state index contributed by atoms with van der Waals surface area (Å²) in [5.74, 6) is -0.0171. The van der Waals surface area contributed by atoms with Gasteiger partial charge in [-0.2, -0.15) is 0 Å². The summed E-state index contributed by atoms with van der Waals surface area (Å²) in [6, 6.07) is 1.32. The van der Waals surface area contributed by atoms with E-state index in [1.54, 1.807) is 23.6 Å². The Hall–Kier alpha value is -2.39. The van der Waals surface area contributed by atoms with E-state index in [4.69, 9.17) is 9.94 Å². The van der Waals surface area contributed by atoms with Crippen molar-refractivity contribution in [1.82, 2.24) is 19.9 Å². The molecule has 0 aromatic carbocycles. The minimum Gasteiger partial charge on any atom is -0.393 e. The van der Waals surface area contributed by atoms with Crippen LogP contribution in [0.25, 0.3) is 5.65 Å². The maximum atomic E-state index is 14.2. The molecule has 0 bridgehead atoms. The van der Waals surface area contributed by atoms with Gasteiger partial charge in [-0.3, -0.25) is 4.40 Å². The lowest BCUT2D eigenvalue weighted by Crippen LogP contribution is -2.09. The molecular weight excluding hydrogens is 333 g/mol. The molecule has 2 N–H and O–H groups in total. The van der Waals surface area contributed by atoms with Crippen molar-refractivity contribution in [2.75, 3.05) is 19.1 Å². The minimum absolute atomic E-state index is 0.0780. The van der Waals surface area contributed by atoms with Crippen LogP contribution in [0.3, 0.4) is 0 Å². The van der Waals surface area contributed by atoms with Crippen LogP contribution in [0, 0.1) is 5.82 Å². The molecule has 2 rings (SSSR count). The number of fused-ring (bicyclic) bond motifs is 1. The third-order valence-corrected chi connectivity index (χ3v) is 3.80. The van der Waals surface area contributed by atoms with Gasteiger partial charge in [-0.15, -0.1) is 10.2 Å². The van der Waals surface area contributed by atoms with Crippen molar-refractivity contribution in [3.8, 4) is 0 Å². The first-order valence-electron chi connectivity index (χ1n) is 7.07. The molecule has 9 heteroatoms. The number of halogens is 1. The Morgan fingerprint density at radius 3 is 3.08 bits per heavy atom. The van der Waals surface area contributed by atoms with Crippen molar-refractivity contribution in [3.63, 3.8) is 0 Å². The molecule has 0 aliphatic rings. The standard InChI is InChI=1S/C15H18FN5O2S/c1-4-10(2)17-9-24-15-19-18-14-13(16)7-12(8-21(14)15)11(3)20-23-6-5-22/h4,7-8,17,22H,1-2,5-6,9H2,3H3/b20-11+. The lowest BCUT2D eigenvalue weighted by molar-refractivity contribution is 0.0986. The zero-order valence-corrected chi connectivity index (χ0v) is 14.0. The molecule has 0 unspecified atom stereocenters. The first kappa shape index (κ1) is 18.0. The van der Waals surface area contributed by atoms with E-state index < -0.39 is 5.82 Å². The van der Waals surface area contributed by atoms with Crippen molar-refractivity contribution in [2.24, 2.45) is 5.16 Å². The first-order chi connectivity index (χ1) is 11.6. The van der Waals surface area contributed by atoms with E-state index in [-0.39, 0.29) is 18.9 Å². The summed E-state index contributed by atoms with van der Waals surface area (Å²) in [4.78, 5) is 4.91. The summed E-state index contributed by atoms with van der Waals surface area (Å²) in [6.45, 7) is 8.98. The maximum absolute atomic E-state index is 14.2. The van der Waals surface area contributed by atoms with Gasteiger partial charge < -0.3 is 15.3 Å². The highest BCUT2D eigenvalue weighted by Gasteiger charge is 2.13. The number of aliphatic hydroxyl groups is 1. The second-order valence-electron chi connectivity index (χ2n) is 4.68. The van der Waals surface area contributed by atoms with Gasteiger partial charge >= 0.3 is 0 Å². The van der Waals surface area contributed by atoms with Crippen LogP contribution in [0.4, 0.5) is 4.39 Å². The molecule has 0 aliphatic heterocycles. The molecule has 2 heterocycles. The second kappa shape index (κ2) is 8.46. The summed E-state index contributed by atoms with van der Waals surface area (Å²) in [5.41, 5.74) is 1.83. The average molecular weight is 351 g/mol. The fourth-order valence-corrected chi connectivity index (χ4v) is 2.49. The Kier molecular flexibility index (Phi) is 6.33. The molecule has 24 heavy (non-hydrogen) atoms. The van der Waals surface area contributed by atoms with Gasteiger partial charge in [0.05, 0.1) is 18.2 Å². The van der Waals surface area contributed by atoms with Gasteiger partial charge in [0, 0.05) is 17.5 Å². The van der Waals surface area contributed by atoms with Crippen LogP contribution in [0.1, 0.15) is 12.5 Å². The molecule has 2 aromatic heterocycles. The Labute approximate surface area is 142 Å². The number of aromatic nitrogens is 3. The zero-order valence-electron chi connectivity index (χ0n) is 13.2. The van der Waals surface area contributed by atoms with Gasteiger partial charge in [0.2, 0.25) is 0 Å². The molecule has 0 aliphatic carbocycles. The zero-order chi connectivity index (χ0) is 17.5. The number of nitrogens with one attached hydrogen (secondary N) is 1. The van der Waals surface area contributed by atoms with E-state index in [2.05, 4.69) is 33.8 Å². The van der Waals surface area contributed by atoms with Gasteiger partial charge in [-0.05, 0) is 19.1 Å². The van der Waals surface area contributed by atoms with Crippen molar-refractivity contribution >= 4 is 23.1 Å². The summed E-state index contributed by atoms with van der Waals surface area (Å²) in [6.07, 6.45) is 3.29. The molecule has 0 fully saturated rings. The number of pyridine rings is 1. The predicted molar refractivity (Wildman–Crippen MR) is 91.4 cm³/mol. The SMILES string of the molecule is C=CC(=C)NCSc1nnc2c(F)cc(/C(C)=N/OCCO)cn12. The van der Waals surface area contributed by atoms with E-state index in [1.807, 2.05) is 0 Å². The van der Waals surface area contributed by atoms with Crippen LogP contribution in [-0.2, 0) is 4.84 Å². The van der Waals surface area contributed by atoms with Crippen molar-refractivity contribution in [2.45, 2.75) is 12.1 Å². The van der Waals surface area contributed by atoms with Crippen LogP contribution < -0.4 is 5.32 Å². The lowest BCUT2D eigenvalue weighted by atomic mass is 10.2. The maximum Gasteiger partial charge on any atom is 0.197 e. The quantitative estimate of drug-likeness (QED) is 0.179. The average Bonchev–Trinajstić information content (AvgIpc) is 2.98. The number of nitrogens with zero attached hydrogens (tertiary/aromatic N) is 4. The summed E-state index contributed by atoms with van der Waals surface area (Å²) in [5, 5.41) is 23.9. The molecule has 2 aromatic rings. The normalized spacial score (nSPS) is 11.5. The Morgan fingerprint density at radius 1 is 1.58 bits per heavy atom. The predicted octanol–water partition coefficient (Wildman–Crippen LogP) is 1.94. The van der Waals surface area contributed by atoms with Crippen molar-refractivity contribution < 1.29 is 14.3 Å². The van der Waals surface area contributed by atoms with Gasteiger partial charge in [0.15, 0.2) is 16.6 Å². The van der Waals surface area contributed by atoms with Crippen LogP contribution in [0.2, 0.25) is 0 Å². The summed E-state index contributed by atoms with van der Waals surface area (Å²) >= 11 is 1.35. The largest absolute Gasteiger partial charge is 0.393 e. The van der Waals surface area contributed by atoms with E-state index in [0.29, 0.717) is 28.0 Å². The van der Waals surface area contributed by atoms with E-state index in [9.17, 15) is 4.39 Å². The van der Waals surface area contributed by atoms with Gasteiger partial charge in [-0.25, -0.2) is 4.39 Å². The minimum atomic E-state index is -0.507.